The first kappa shape index (κ1) is 22.6. The van der Waals surface area contributed by atoms with Gasteiger partial charge in [0.15, 0.2) is 0 Å². The average Bonchev–Trinajstić information content (AvgIpc) is 3.27. The van der Waals surface area contributed by atoms with Gasteiger partial charge >= 0.3 is 0 Å². The number of hydrogen-bond acceptors (Lipinski definition) is 4. The topological polar surface area (TPSA) is 66.6 Å². The minimum absolute atomic E-state index is 0.178. The molecule has 0 aliphatic rings. The van der Waals surface area contributed by atoms with Gasteiger partial charge in [0, 0.05) is 36.8 Å². The smallest absolute Gasteiger partial charge is 0.272 e. The number of fused-ring (bicyclic) bond motifs is 1. The van der Waals surface area contributed by atoms with Crippen LogP contribution in [0.25, 0.3) is 10.9 Å². The molecular formula is C27H29N3O3. The molecule has 0 saturated carbocycles. The van der Waals surface area contributed by atoms with Crippen LogP contribution < -0.4 is 10.1 Å². The van der Waals surface area contributed by atoms with Gasteiger partial charge in [-0.3, -0.25) is 9.69 Å². The van der Waals surface area contributed by atoms with Crippen molar-refractivity contribution in [3.8, 4) is 5.75 Å². The third-order valence-corrected chi connectivity index (χ3v) is 5.43. The van der Waals surface area contributed by atoms with Gasteiger partial charge in [-0.05, 0) is 54.6 Å². The highest BCUT2D eigenvalue weighted by molar-refractivity contribution is 6.06. The monoisotopic (exact) mass is 443 g/mol. The fraction of sp³-hybridized carbons (Fsp3) is 0.222. The van der Waals surface area contributed by atoms with Gasteiger partial charge in [0.05, 0.1) is 6.61 Å². The molecule has 0 spiro atoms. The zero-order chi connectivity index (χ0) is 23.0. The van der Waals surface area contributed by atoms with Crippen LogP contribution in [0.1, 0.15) is 21.6 Å². The molecule has 0 unspecified atom stereocenters. The number of rotatable bonds is 10. The number of nitrogens with one attached hydrogen (secondary N) is 2. The molecule has 0 saturated heterocycles. The third kappa shape index (κ3) is 6.22. The number of amides is 1. The molecule has 0 atom stereocenters. The highest BCUT2D eigenvalue weighted by atomic mass is 16.5. The third-order valence-electron chi connectivity index (χ3n) is 5.43. The van der Waals surface area contributed by atoms with Gasteiger partial charge < -0.3 is 19.8 Å². The Labute approximate surface area is 194 Å². The van der Waals surface area contributed by atoms with E-state index in [-0.39, 0.29) is 5.91 Å². The van der Waals surface area contributed by atoms with Crippen molar-refractivity contribution in [2.75, 3.05) is 32.6 Å². The summed E-state index contributed by atoms with van der Waals surface area (Å²) in [5.41, 5.74) is 4.45. The van der Waals surface area contributed by atoms with Crippen LogP contribution >= 0.6 is 0 Å². The summed E-state index contributed by atoms with van der Waals surface area (Å²) in [7, 11) is 3.76. The molecule has 0 fully saturated rings. The first-order valence-electron chi connectivity index (χ1n) is 11.0. The summed E-state index contributed by atoms with van der Waals surface area (Å²) >= 11 is 0. The lowest BCUT2D eigenvalue weighted by atomic mass is 10.2. The van der Waals surface area contributed by atoms with Gasteiger partial charge in [0.25, 0.3) is 5.91 Å². The molecule has 6 heteroatoms. The lowest BCUT2D eigenvalue weighted by molar-refractivity contribution is 0.102. The number of hydrogen-bond donors (Lipinski definition) is 2. The number of likely N-dealkylation sites (N-methyl/N-ethyl adjacent to an activating group) is 1. The number of methoxy groups -OCH3 is 1. The summed E-state index contributed by atoms with van der Waals surface area (Å²) in [5, 5.41) is 3.89. The molecular weight excluding hydrogens is 414 g/mol. The highest BCUT2D eigenvalue weighted by Crippen LogP contribution is 2.23. The molecule has 0 bridgehead atoms. The minimum atomic E-state index is -0.178. The fourth-order valence-electron chi connectivity index (χ4n) is 3.59. The number of benzene rings is 3. The predicted molar refractivity (Wildman–Crippen MR) is 132 cm³/mol. The first-order valence-corrected chi connectivity index (χ1v) is 11.0. The van der Waals surface area contributed by atoms with E-state index < -0.39 is 0 Å². The Kier molecular flexibility index (Phi) is 7.40. The maximum absolute atomic E-state index is 12.8. The van der Waals surface area contributed by atoms with E-state index in [1.807, 2.05) is 78.9 Å². The van der Waals surface area contributed by atoms with E-state index in [4.69, 9.17) is 9.47 Å². The van der Waals surface area contributed by atoms with Gasteiger partial charge in [-0.15, -0.1) is 0 Å². The lowest BCUT2D eigenvalue weighted by Crippen LogP contribution is -2.22. The highest BCUT2D eigenvalue weighted by Gasteiger charge is 2.11. The number of aromatic nitrogens is 1. The number of carbonyl (C=O) groups excluding carboxylic acids is 1. The van der Waals surface area contributed by atoms with Gasteiger partial charge in [-0.25, -0.2) is 0 Å². The Morgan fingerprint density at radius 3 is 2.52 bits per heavy atom. The summed E-state index contributed by atoms with van der Waals surface area (Å²) in [6, 6.07) is 25.6. The van der Waals surface area contributed by atoms with Crippen molar-refractivity contribution in [2.24, 2.45) is 0 Å². The summed E-state index contributed by atoms with van der Waals surface area (Å²) < 4.78 is 11.0. The first-order chi connectivity index (χ1) is 16.1. The molecule has 6 nitrogen and oxygen atoms in total. The van der Waals surface area contributed by atoms with E-state index in [9.17, 15) is 4.79 Å². The van der Waals surface area contributed by atoms with Crippen LogP contribution in [0.2, 0.25) is 0 Å². The molecule has 0 aliphatic carbocycles. The zero-order valence-electron chi connectivity index (χ0n) is 19.0. The normalized spacial score (nSPS) is 11.1. The molecule has 4 rings (SSSR count). The SMILES string of the molecule is COCCN(C)Cc1ccc(NC(=O)c2cc3cc(OCc4ccccc4)ccc3[nH]2)cc1. The molecule has 1 amide bonds. The van der Waals surface area contributed by atoms with Crippen molar-refractivity contribution in [1.82, 2.24) is 9.88 Å². The van der Waals surface area contributed by atoms with Crippen molar-refractivity contribution in [3.63, 3.8) is 0 Å². The van der Waals surface area contributed by atoms with Crippen LogP contribution in [0.3, 0.4) is 0 Å². The second kappa shape index (κ2) is 10.8. The van der Waals surface area contributed by atoms with E-state index in [1.54, 1.807) is 7.11 Å². The molecule has 1 heterocycles. The van der Waals surface area contributed by atoms with E-state index in [0.717, 1.165) is 41.0 Å². The van der Waals surface area contributed by atoms with Crippen molar-refractivity contribution in [2.45, 2.75) is 13.2 Å². The van der Waals surface area contributed by atoms with Crippen LogP contribution in [0.15, 0.2) is 78.9 Å². The van der Waals surface area contributed by atoms with Crippen molar-refractivity contribution < 1.29 is 14.3 Å². The van der Waals surface area contributed by atoms with Gasteiger partial charge in [0.1, 0.15) is 18.1 Å². The summed E-state index contributed by atoms with van der Waals surface area (Å²) in [5.74, 6) is 0.589. The van der Waals surface area contributed by atoms with Crippen LogP contribution in [0, 0.1) is 0 Å². The Morgan fingerprint density at radius 1 is 0.970 bits per heavy atom. The predicted octanol–water partition coefficient (Wildman–Crippen LogP) is 5.08. The minimum Gasteiger partial charge on any atom is -0.489 e. The largest absolute Gasteiger partial charge is 0.489 e. The maximum Gasteiger partial charge on any atom is 0.272 e. The second-order valence-corrected chi connectivity index (χ2v) is 8.09. The molecule has 4 aromatic rings. The molecule has 33 heavy (non-hydrogen) atoms. The van der Waals surface area contributed by atoms with E-state index in [1.165, 1.54) is 5.56 Å². The molecule has 170 valence electrons. The molecule has 0 aliphatic heterocycles. The average molecular weight is 444 g/mol. The van der Waals surface area contributed by atoms with Crippen LogP contribution in [-0.4, -0.2) is 43.1 Å². The van der Waals surface area contributed by atoms with Gasteiger partial charge in [-0.1, -0.05) is 42.5 Å². The fourth-order valence-corrected chi connectivity index (χ4v) is 3.59. The van der Waals surface area contributed by atoms with Crippen LogP contribution in [0.5, 0.6) is 5.75 Å². The number of aromatic amines is 1. The van der Waals surface area contributed by atoms with E-state index >= 15 is 0 Å². The van der Waals surface area contributed by atoms with Crippen LogP contribution in [0.4, 0.5) is 5.69 Å². The van der Waals surface area contributed by atoms with E-state index in [2.05, 4.69) is 22.2 Å². The lowest BCUT2D eigenvalue weighted by Gasteiger charge is -2.16. The Morgan fingerprint density at radius 2 is 1.76 bits per heavy atom. The Bertz CT molecular complexity index is 1190. The summed E-state index contributed by atoms with van der Waals surface area (Å²) in [6.07, 6.45) is 0. The molecule has 2 N–H and O–H groups in total. The second-order valence-electron chi connectivity index (χ2n) is 8.09. The summed E-state index contributed by atoms with van der Waals surface area (Å²) in [6.45, 7) is 2.90. The van der Waals surface area contributed by atoms with Crippen molar-refractivity contribution in [1.29, 1.82) is 0 Å². The van der Waals surface area contributed by atoms with Crippen molar-refractivity contribution in [3.05, 3.63) is 95.7 Å². The van der Waals surface area contributed by atoms with Crippen LogP contribution in [-0.2, 0) is 17.9 Å². The Hall–Kier alpha value is -3.61. The number of anilines is 1. The molecule has 1 aromatic heterocycles. The maximum atomic E-state index is 12.8. The zero-order valence-corrected chi connectivity index (χ0v) is 19.0. The number of nitrogens with zero attached hydrogens (tertiary/aromatic N) is 1. The van der Waals surface area contributed by atoms with Gasteiger partial charge in [-0.2, -0.15) is 0 Å². The molecule has 3 aromatic carbocycles. The Balaban J connectivity index is 1.36. The number of ether oxygens (including phenoxy) is 2. The van der Waals surface area contributed by atoms with Crippen molar-refractivity contribution >= 4 is 22.5 Å². The van der Waals surface area contributed by atoms with E-state index in [0.29, 0.717) is 18.9 Å². The van der Waals surface area contributed by atoms with Gasteiger partial charge in [0.2, 0.25) is 0 Å². The number of carbonyl (C=O) groups is 1. The quantitative estimate of drug-likeness (QED) is 0.359. The summed E-state index contributed by atoms with van der Waals surface area (Å²) in [4.78, 5) is 18.1. The number of H-pyrrole nitrogens is 1. The standard InChI is InChI=1S/C27H29N3O3/c1-30(14-15-32-2)18-20-8-10-23(11-9-20)28-27(31)26-17-22-16-24(12-13-25(22)29-26)33-19-21-6-4-3-5-7-21/h3-13,16-17,29H,14-15,18-19H2,1-2H3,(H,28,31). The molecule has 0 radical (unpaired) electrons.